The van der Waals surface area contributed by atoms with Crippen LogP contribution in [-0.4, -0.2) is 5.97 Å². The summed E-state index contributed by atoms with van der Waals surface area (Å²) >= 11 is 0. The summed E-state index contributed by atoms with van der Waals surface area (Å²) < 4.78 is 18.7. The molecule has 4 nitrogen and oxygen atoms in total. The van der Waals surface area contributed by atoms with E-state index < -0.39 is 5.82 Å². The van der Waals surface area contributed by atoms with Gasteiger partial charge in [0.15, 0.2) is 0 Å². The Morgan fingerprint density at radius 3 is 2.59 bits per heavy atom. The van der Waals surface area contributed by atoms with Gasteiger partial charge >= 0.3 is 5.97 Å². The van der Waals surface area contributed by atoms with E-state index >= 15 is 0 Å². The van der Waals surface area contributed by atoms with Crippen LogP contribution in [0.5, 0.6) is 5.75 Å². The zero-order valence-electron chi connectivity index (χ0n) is 12.0. The number of hydrogen-bond acceptors (Lipinski definition) is 4. The zero-order valence-corrected chi connectivity index (χ0v) is 12.0. The van der Waals surface area contributed by atoms with Gasteiger partial charge in [-0.2, -0.15) is 10.5 Å². The highest BCUT2D eigenvalue weighted by Crippen LogP contribution is 2.31. The van der Waals surface area contributed by atoms with Gasteiger partial charge in [-0.15, -0.1) is 0 Å². The molecule has 0 radical (unpaired) electrons. The molecule has 1 aliphatic carbocycles. The summed E-state index contributed by atoms with van der Waals surface area (Å²) in [6, 6.07) is 7.45. The lowest BCUT2D eigenvalue weighted by atomic mass is 9.82. The van der Waals surface area contributed by atoms with Crippen molar-refractivity contribution in [3.05, 3.63) is 41.7 Å². The third kappa shape index (κ3) is 3.93. The zero-order chi connectivity index (χ0) is 15.9. The number of carbonyl (C=O) groups is 1. The predicted molar refractivity (Wildman–Crippen MR) is 77.0 cm³/mol. The minimum atomic E-state index is -0.696. The average Bonchev–Trinajstić information content (AvgIpc) is 2.53. The van der Waals surface area contributed by atoms with Crippen LogP contribution >= 0.6 is 0 Å². The smallest absolute Gasteiger partial charge is 0.314 e. The summed E-state index contributed by atoms with van der Waals surface area (Å²) in [5, 5.41) is 17.2. The number of halogens is 1. The Bertz CT molecular complexity index is 662. The molecule has 1 fully saturated rings. The SMILES string of the molecule is N#CC=C[C@H]1CC[C@H](C(=O)Oc2ccc(C#N)c(F)c2)CC1. The molecular formula is C17H15FN2O2. The first-order chi connectivity index (χ1) is 10.6. The van der Waals surface area contributed by atoms with E-state index in [1.165, 1.54) is 18.2 Å². The molecule has 0 atom stereocenters. The van der Waals surface area contributed by atoms with Crippen LogP contribution in [0.4, 0.5) is 4.39 Å². The van der Waals surface area contributed by atoms with Crippen molar-refractivity contribution in [2.24, 2.45) is 11.8 Å². The Labute approximate surface area is 128 Å². The molecule has 22 heavy (non-hydrogen) atoms. The first-order valence-electron chi connectivity index (χ1n) is 7.11. The van der Waals surface area contributed by atoms with Crippen LogP contribution in [0.15, 0.2) is 30.4 Å². The van der Waals surface area contributed by atoms with E-state index in [2.05, 4.69) is 0 Å². The number of benzene rings is 1. The van der Waals surface area contributed by atoms with Crippen molar-refractivity contribution in [1.29, 1.82) is 10.5 Å². The fourth-order valence-electron chi connectivity index (χ4n) is 2.58. The van der Waals surface area contributed by atoms with Gasteiger partial charge in [-0.1, -0.05) is 6.08 Å². The van der Waals surface area contributed by atoms with Crippen molar-refractivity contribution >= 4 is 5.97 Å². The van der Waals surface area contributed by atoms with Crippen LogP contribution in [0, 0.1) is 40.3 Å². The number of nitriles is 2. The Morgan fingerprint density at radius 2 is 2.00 bits per heavy atom. The molecule has 5 heteroatoms. The molecule has 0 amide bonds. The van der Waals surface area contributed by atoms with Crippen LogP contribution in [0.2, 0.25) is 0 Å². The van der Waals surface area contributed by atoms with Crippen LogP contribution in [0.25, 0.3) is 0 Å². The minimum absolute atomic E-state index is 0.0791. The first-order valence-corrected chi connectivity index (χ1v) is 7.11. The summed E-state index contributed by atoms with van der Waals surface area (Å²) in [7, 11) is 0. The molecule has 0 aliphatic heterocycles. The molecule has 0 saturated heterocycles. The lowest BCUT2D eigenvalue weighted by Crippen LogP contribution is -2.25. The summed E-state index contributed by atoms with van der Waals surface area (Å²) in [6.45, 7) is 0. The van der Waals surface area contributed by atoms with Crippen molar-refractivity contribution in [1.82, 2.24) is 0 Å². The lowest BCUT2D eigenvalue weighted by Gasteiger charge is -2.25. The van der Waals surface area contributed by atoms with E-state index in [1.54, 1.807) is 6.07 Å². The third-order valence-electron chi connectivity index (χ3n) is 3.83. The monoisotopic (exact) mass is 298 g/mol. The molecule has 112 valence electrons. The van der Waals surface area contributed by atoms with Gasteiger partial charge in [0.1, 0.15) is 17.6 Å². The number of rotatable bonds is 3. The fraction of sp³-hybridized carbons (Fsp3) is 0.353. The number of nitrogens with zero attached hydrogens (tertiary/aromatic N) is 2. The van der Waals surface area contributed by atoms with E-state index in [0.717, 1.165) is 18.9 Å². The summed E-state index contributed by atoms with van der Waals surface area (Å²) in [6.07, 6.45) is 6.40. The maximum atomic E-state index is 13.5. The molecular weight excluding hydrogens is 283 g/mol. The number of carbonyl (C=O) groups excluding carboxylic acids is 1. The van der Waals surface area contributed by atoms with Crippen LogP contribution in [0.1, 0.15) is 31.2 Å². The second-order valence-electron chi connectivity index (χ2n) is 5.27. The molecule has 0 aromatic heterocycles. The van der Waals surface area contributed by atoms with E-state index in [0.29, 0.717) is 18.8 Å². The van der Waals surface area contributed by atoms with Crippen molar-refractivity contribution in [3.8, 4) is 17.9 Å². The standard InChI is InChI=1S/C17H15FN2O2/c18-16-10-15(8-7-14(16)11-20)22-17(21)13-5-3-12(4-6-13)2-1-9-19/h1-2,7-8,10,12-13H,3-6H2/t12-,13-. The van der Waals surface area contributed by atoms with Gasteiger partial charge in [-0.25, -0.2) is 4.39 Å². The van der Waals surface area contributed by atoms with E-state index in [4.69, 9.17) is 15.3 Å². The highest BCUT2D eigenvalue weighted by atomic mass is 19.1. The molecule has 1 aromatic rings. The predicted octanol–water partition coefficient (Wildman–Crippen LogP) is 3.49. The Hall–Kier alpha value is -2.66. The van der Waals surface area contributed by atoms with E-state index in [1.807, 2.05) is 12.1 Å². The van der Waals surface area contributed by atoms with Gasteiger partial charge < -0.3 is 4.74 Å². The quantitative estimate of drug-likeness (QED) is 0.486. The van der Waals surface area contributed by atoms with Gasteiger partial charge in [0.2, 0.25) is 0 Å². The second kappa shape index (κ2) is 7.38. The molecule has 1 saturated carbocycles. The van der Waals surface area contributed by atoms with E-state index in [9.17, 15) is 9.18 Å². The molecule has 1 aliphatic rings. The second-order valence-corrected chi connectivity index (χ2v) is 5.27. The largest absolute Gasteiger partial charge is 0.426 e. The minimum Gasteiger partial charge on any atom is -0.426 e. The Balaban J connectivity index is 1.91. The molecule has 0 spiro atoms. The van der Waals surface area contributed by atoms with Crippen molar-refractivity contribution in [3.63, 3.8) is 0 Å². The van der Waals surface area contributed by atoms with E-state index in [-0.39, 0.29) is 23.2 Å². The molecule has 0 heterocycles. The molecule has 1 aromatic carbocycles. The van der Waals surface area contributed by atoms with Gasteiger partial charge in [-0.3, -0.25) is 4.79 Å². The summed E-state index contributed by atoms with van der Waals surface area (Å²) in [5.74, 6) is -0.820. The topological polar surface area (TPSA) is 73.9 Å². The average molecular weight is 298 g/mol. The first kappa shape index (κ1) is 15.7. The van der Waals surface area contributed by atoms with Crippen molar-refractivity contribution < 1.29 is 13.9 Å². The van der Waals surface area contributed by atoms with Crippen LogP contribution < -0.4 is 4.74 Å². The van der Waals surface area contributed by atoms with Crippen LogP contribution in [-0.2, 0) is 4.79 Å². The molecule has 0 bridgehead atoms. The van der Waals surface area contributed by atoms with Gasteiger partial charge in [0, 0.05) is 12.1 Å². The Morgan fingerprint density at radius 1 is 1.27 bits per heavy atom. The highest BCUT2D eigenvalue weighted by molar-refractivity contribution is 5.75. The third-order valence-corrected chi connectivity index (χ3v) is 3.83. The van der Waals surface area contributed by atoms with Gasteiger partial charge in [0.25, 0.3) is 0 Å². The number of allylic oxidation sites excluding steroid dienone is 2. The van der Waals surface area contributed by atoms with Gasteiger partial charge in [0.05, 0.1) is 17.6 Å². The van der Waals surface area contributed by atoms with Crippen molar-refractivity contribution in [2.45, 2.75) is 25.7 Å². The Kier molecular flexibility index (Phi) is 5.27. The van der Waals surface area contributed by atoms with Gasteiger partial charge in [-0.05, 0) is 43.7 Å². The molecule has 2 rings (SSSR count). The van der Waals surface area contributed by atoms with Crippen LogP contribution in [0.3, 0.4) is 0 Å². The maximum absolute atomic E-state index is 13.5. The molecule has 0 N–H and O–H groups in total. The fourth-order valence-corrected chi connectivity index (χ4v) is 2.58. The lowest BCUT2D eigenvalue weighted by molar-refractivity contribution is -0.140. The summed E-state index contributed by atoms with van der Waals surface area (Å²) in [4.78, 5) is 12.1. The molecule has 0 unspecified atom stereocenters. The van der Waals surface area contributed by atoms with Crippen molar-refractivity contribution in [2.75, 3.05) is 0 Å². The summed E-state index contributed by atoms with van der Waals surface area (Å²) in [5.41, 5.74) is -0.0791. The normalized spacial score (nSPS) is 21.0. The maximum Gasteiger partial charge on any atom is 0.314 e. The number of esters is 1. The highest BCUT2D eigenvalue weighted by Gasteiger charge is 2.26. The number of hydrogen-bond donors (Lipinski definition) is 0. The number of ether oxygens (including phenoxy) is 1.